The van der Waals surface area contributed by atoms with Crippen molar-refractivity contribution in [3.05, 3.63) is 65.9 Å². The van der Waals surface area contributed by atoms with Crippen molar-refractivity contribution < 1.29 is 5.11 Å². The molecule has 1 atom stereocenters. The minimum Gasteiger partial charge on any atom is -0.396 e. The van der Waals surface area contributed by atoms with Crippen LogP contribution in [0.3, 0.4) is 0 Å². The first-order valence-corrected chi connectivity index (χ1v) is 9.05. The van der Waals surface area contributed by atoms with Crippen LogP contribution >= 0.6 is 0 Å². The van der Waals surface area contributed by atoms with Crippen LogP contribution in [0.5, 0.6) is 0 Å². The number of fused-ring (bicyclic) bond motifs is 2. The van der Waals surface area contributed by atoms with Gasteiger partial charge in [-0.25, -0.2) is 4.98 Å². The number of aryl methyl sites for hydroxylation is 1. The third-order valence-corrected chi connectivity index (χ3v) is 5.14. The van der Waals surface area contributed by atoms with Gasteiger partial charge in [-0.1, -0.05) is 24.3 Å². The molecule has 0 aliphatic heterocycles. The fraction of sp³-hybridized carbons (Fsp3) is 0.400. The van der Waals surface area contributed by atoms with Crippen molar-refractivity contribution in [2.45, 2.75) is 38.3 Å². The zero-order valence-corrected chi connectivity index (χ0v) is 14.4. The molecule has 0 spiro atoms. The van der Waals surface area contributed by atoms with Gasteiger partial charge in [0.2, 0.25) is 0 Å². The number of aliphatic hydroxyl groups is 1. The highest BCUT2D eigenvalue weighted by atomic mass is 16.3. The van der Waals surface area contributed by atoms with E-state index in [1.165, 1.54) is 36.1 Å². The number of nitrogens with zero attached hydrogens (tertiary/aromatic N) is 4. The highest BCUT2D eigenvalue weighted by molar-refractivity contribution is 5.37. The number of hydrogen-bond acceptors (Lipinski definition) is 4. The summed E-state index contributed by atoms with van der Waals surface area (Å²) >= 11 is 0. The molecule has 1 aliphatic carbocycles. The Morgan fingerprint density at radius 1 is 1.24 bits per heavy atom. The molecule has 5 nitrogen and oxygen atoms in total. The van der Waals surface area contributed by atoms with E-state index in [2.05, 4.69) is 43.5 Å². The molecular weight excluding hydrogens is 312 g/mol. The third kappa shape index (κ3) is 3.30. The molecule has 0 amide bonds. The van der Waals surface area contributed by atoms with Crippen LogP contribution in [-0.2, 0) is 13.0 Å². The summed E-state index contributed by atoms with van der Waals surface area (Å²) < 4.78 is 2.10. The largest absolute Gasteiger partial charge is 0.396 e. The van der Waals surface area contributed by atoms with Crippen LogP contribution in [0.2, 0.25) is 0 Å². The van der Waals surface area contributed by atoms with Crippen molar-refractivity contribution in [1.82, 2.24) is 19.3 Å². The lowest BCUT2D eigenvalue weighted by molar-refractivity contribution is 0.150. The van der Waals surface area contributed by atoms with Crippen LogP contribution in [0, 0.1) is 0 Å². The van der Waals surface area contributed by atoms with Gasteiger partial charge in [-0.2, -0.15) is 0 Å². The number of benzene rings is 1. The van der Waals surface area contributed by atoms with Gasteiger partial charge in [-0.15, -0.1) is 0 Å². The molecule has 2 aromatic heterocycles. The second-order valence-corrected chi connectivity index (χ2v) is 6.71. The van der Waals surface area contributed by atoms with E-state index in [-0.39, 0.29) is 6.61 Å². The predicted octanol–water partition coefficient (Wildman–Crippen LogP) is 2.99. The van der Waals surface area contributed by atoms with Gasteiger partial charge in [0.1, 0.15) is 0 Å². The molecule has 1 aromatic carbocycles. The van der Waals surface area contributed by atoms with Crippen molar-refractivity contribution in [2.75, 3.05) is 13.2 Å². The first-order chi connectivity index (χ1) is 12.4. The van der Waals surface area contributed by atoms with Gasteiger partial charge in [0, 0.05) is 38.1 Å². The van der Waals surface area contributed by atoms with Crippen molar-refractivity contribution >= 4 is 5.65 Å². The molecule has 0 fully saturated rings. The molecule has 1 unspecified atom stereocenters. The zero-order chi connectivity index (χ0) is 17.1. The van der Waals surface area contributed by atoms with Crippen LogP contribution in [-0.4, -0.2) is 37.5 Å². The molecular formula is C20H24N4O. The van der Waals surface area contributed by atoms with Crippen LogP contribution in [0.1, 0.15) is 42.1 Å². The van der Waals surface area contributed by atoms with E-state index in [4.69, 9.17) is 0 Å². The van der Waals surface area contributed by atoms with E-state index in [9.17, 15) is 5.11 Å². The summed E-state index contributed by atoms with van der Waals surface area (Å²) in [7, 11) is 0. The van der Waals surface area contributed by atoms with E-state index in [1.807, 2.05) is 12.4 Å². The van der Waals surface area contributed by atoms with Crippen molar-refractivity contribution in [1.29, 1.82) is 0 Å². The Bertz CT molecular complexity index is 844. The highest BCUT2D eigenvalue weighted by Crippen LogP contribution is 2.35. The van der Waals surface area contributed by atoms with Gasteiger partial charge in [0.25, 0.3) is 0 Å². The van der Waals surface area contributed by atoms with E-state index >= 15 is 0 Å². The van der Waals surface area contributed by atoms with E-state index in [0.717, 1.165) is 25.2 Å². The van der Waals surface area contributed by atoms with Crippen LogP contribution < -0.4 is 0 Å². The van der Waals surface area contributed by atoms with Gasteiger partial charge in [-0.3, -0.25) is 14.3 Å². The van der Waals surface area contributed by atoms with Gasteiger partial charge < -0.3 is 5.11 Å². The molecule has 2 heterocycles. The summed E-state index contributed by atoms with van der Waals surface area (Å²) in [5.74, 6) is 0. The Morgan fingerprint density at radius 2 is 2.16 bits per heavy atom. The molecule has 0 saturated carbocycles. The van der Waals surface area contributed by atoms with Crippen molar-refractivity contribution in [2.24, 2.45) is 0 Å². The molecule has 0 radical (unpaired) electrons. The molecule has 3 aromatic rings. The number of rotatable bonds is 6. The lowest BCUT2D eigenvalue weighted by Gasteiger charge is -2.35. The summed E-state index contributed by atoms with van der Waals surface area (Å²) in [6.45, 7) is 1.93. The van der Waals surface area contributed by atoms with Gasteiger partial charge in [0.05, 0.1) is 18.1 Å². The SMILES string of the molecule is OCCCN(Cc1cnc2cnccn12)C1CCCc2ccccc21. The Kier molecular flexibility index (Phi) is 4.76. The minimum atomic E-state index is 0.224. The molecule has 0 saturated heterocycles. The van der Waals surface area contributed by atoms with E-state index < -0.39 is 0 Å². The number of hydrogen-bond donors (Lipinski definition) is 1. The fourth-order valence-electron chi connectivity index (χ4n) is 3.95. The lowest BCUT2D eigenvalue weighted by atomic mass is 9.86. The van der Waals surface area contributed by atoms with E-state index in [1.54, 1.807) is 12.4 Å². The smallest absolute Gasteiger partial charge is 0.155 e. The summed E-state index contributed by atoms with van der Waals surface area (Å²) in [4.78, 5) is 11.1. The van der Waals surface area contributed by atoms with E-state index in [0.29, 0.717) is 6.04 Å². The zero-order valence-electron chi connectivity index (χ0n) is 14.4. The maximum Gasteiger partial charge on any atom is 0.155 e. The van der Waals surface area contributed by atoms with Gasteiger partial charge in [0.15, 0.2) is 5.65 Å². The summed E-state index contributed by atoms with van der Waals surface area (Å²) in [5, 5.41) is 9.35. The van der Waals surface area contributed by atoms with Gasteiger partial charge in [-0.05, 0) is 36.8 Å². The van der Waals surface area contributed by atoms with Crippen molar-refractivity contribution in [3.63, 3.8) is 0 Å². The quantitative estimate of drug-likeness (QED) is 0.752. The topological polar surface area (TPSA) is 53.7 Å². The van der Waals surface area contributed by atoms with Crippen LogP contribution in [0.15, 0.2) is 49.1 Å². The maximum absolute atomic E-state index is 9.35. The summed E-state index contributed by atoms with van der Waals surface area (Å²) in [6.07, 6.45) is 11.8. The Morgan fingerprint density at radius 3 is 3.08 bits per heavy atom. The third-order valence-electron chi connectivity index (χ3n) is 5.14. The van der Waals surface area contributed by atoms with Gasteiger partial charge >= 0.3 is 0 Å². The first kappa shape index (κ1) is 16.2. The average molecular weight is 336 g/mol. The standard InChI is InChI=1S/C20H24N4O/c25-12-4-10-23(15-17-13-22-20-14-21-9-11-24(17)20)19-8-3-6-16-5-1-2-7-18(16)19/h1-2,5,7,9,11,13-14,19,25H,3-4,6,8,10,12,15H2. The predicted molar refractivity (Wildman–Crippen MR) is 97.2 cm³/mol. The molecule has 1 aliphatic rings. The van der Waals surface area contributed by atoms with Crippen LogP contribution in [0.25, 0.3) is 5.65 Å². The number of imidazole rings is 1. The minimum absolute atomic E-state index is 0.224. The molecule has 1 N–H and O–H groups in total. The fourth-order valence-corrected chi connectivity index (χ4v) is 3.95. The molecule has 4 rings (SSSR count). The molecule has 130 valence electrons. The average Bonchev–Trinajstić information content (AvgIpc) is 3.08. The lowest BCUT2D eigenvalue weighted by Crippen LogP contribution is -2.32. The Hall–Kier alpha value is -2.24. The molecule has 5 heteroatoms. The molecule has 0 bridgehead atoms. The highest BCUT2D eigenvalue weighted by Gasteiger charge is 2.26. The second-order valence-electron chi connectivity index (χ2n) is 6.71. The Balaban J connectivity index is 1.65. The number of aliphatic hydroxyl groups excluding tert-OH is 1. The van der Waals surface area contributed by atoms with Crippen molar-refractivity contribution in [3.8, 4) is 0 Å². The molecule has 25 heavy (non-hydrogen) atoms. The number of aromatic nitrogens is 3. The van der Waals surface area contributed by atoms with Crippen LogP contribution in [0.4, 0.5) is 0 Å². The maximum atomic E-state index is 9.35. The second kappa shape index (κ2) is 7.33. The monoisotopic (exact) mass is 336 g/mol. The first-order valence-electron chi connectivity index (χ1n) is 9.05. The normalized spacial score (nSPS) is 17.1. The summed E-state index contributed by atoms with van der Waals surface area (Å²) in [5.41, 5.74) is 4.96. The Labute approximate surface area is 148 Å². The summed E-state index contributed by atoms with van der Waals surface area (Å²) in [6, 6.07) is 9.21.